The number of benzene rings is 1. The molecule has 0 aliphatic carbocycles. The molecule has 0 aromatic heterocycles. The predicted molar refractivity (Wildman–Crippen MR) is 70.3 cm³/mol. The first kappa shape index (κ1) is 13.5. The van der Waals surface area contributed by atoms with Crippen molar-refractivity contribution < 1.29 is 8.78 Å². The average molecular weight is 253 g/mol. The van der Waals surface area contributed by atoms with Gasteiger partial charge in [0, 0.05) is 26.1 Å². The molecule has 18 heavy (non-hydrogen) atoms. The van der Waals surface area contributed by atoms with Gasteiger partial charge in [-0.05, 0) is 24.8 Å². The van der Waals surface area contributed by atoms with Gasteiger partial charge in [-0.1, -0.05) is 30.3 Å². The van der Waals surface area contributed by atoms with Gasteiger partial charge < -0.3 is 4.90 Å². The van der Waals surface area contributed by atoms with Gasteiger partial charge >= 0.3 is 0 Å². The zero-order chi connectivity index (χ0) is 12.8. The summed E-state index contributed by atoms with van der Waals surface area (Å²) in [6.07, 6.45) is 2.20. The maximum absolute atomic E-state index is 14.7. The highest BCUT2D eigenvalue weighted by Gasteiger charge is 2.34. The Balaban J connectivity index is 1.83. The molecule has 1 aliphatic heterocycles. The van der Waals surface area contributed by atoms with E-state index in [2.05, 4.69) is 4.90 Å². The highest BCUT2D eigenvalue weighted by atomic mass is 19.1. The number of nitrogens with zero attached hydrogens (tertiary/aromatic N) is 1. The van der Waals surface area contributed by atoms with Crippen LogP contribution in [0, 0.1) is 0 Å². The fraction of sp³-hybridized carbons (Fsp3) is 0.600. The molecule has 100 valence electrons. The number of piperidine rings is 1. The van der Waals surface area contributed by atoms with Crippen LogP contribution in [0.1, 0.15) is 24.8 Å². The van der Waals surface area contributed by atoms with Crippen molar-refractivity contribution >= 4 is 0 Å². The zero-order valence-electron chi connectivity index (χ0n) is 10.7. The van der Waals surface area contributed by atoms with E-state index in [9.17, 15) is 8.78 Å². The highest BCUT2D eigenvalue weighted by Crippen LogP contribution is 2.30. The molecule has 1 fully saturated rings. The normalized spacial score (nSPS) is 19.9. The summed E-state index contributed by atoms with van der Waals surface area (Å²) in [4.78, 5) is 2.17. The van der Waals surface area contributed by atoms with E-state index in [1.807, 2.05) is 30.3 Å². The van der Waals surface area contributed by atoms with Gasteiger partial charge in [-0.2, -0.15) is 0 Å². The summed E-state index contributed by atoms with van der Waals surface area (Å²) in [5.74, 6) is 0. The fourth-order valence-electron chi connectivity index (χ4n) is 2.60. The van der Waals surface area contributed by atoms with Crippen LogP contribution in [0.3, 0.4) is 0 Å². The monoisotopic (exact) mass is 253 g/mol. The van der Waals surface area contributed by atoms with Crippen LogP contribution in [0.5, 0.6) is 0 Å². The number of rotatable bonds is 5. The van der Waals surface area contributed by atoms with Crippen LogP contribution in [0.15, 0.2) is 30.3 Å². The molecule has 0 N–H and O–H groups in total. The second-order valence-electron chi connectivity index (χ2n) is 5.20. The van der Waals surface area contributed by atoms with Crippen molar-refractivity contribution in [3.05, 3.63) is 35.9 Å². The summed E-state index contributed by atoms with van der Waals surface area (Å²) in [6.45, 7) is 1.99. The van der Waals surface area contributed by atoms with Gasteiger partial charge in [-0.25, -0.2) is 4.39 Å². The van der Waals surface area contributed by atoms with Crippen LogP contribution < -0.4 is 0 Å². The Morgan fingerprint density at radius 2 is 1.78 bits per heavy atom. The number of likely N-dealkylation sites (tertiary alicyclic amines) is 1. The highest BCUT2D eigenvalue weighted by molar-refractivity contribution is 5.17. The Hall–Kier alpha value is -0.960. The van der Waals surface area contributed by atoms with Gasteiger partial charge in [0.25, 0.3) is 0 Å². The van der Waals surface area contributed by atoms with Gasteiger partial charge in [-0.15, -0.1) is 0 Å². The van der Waals surface area contributed by atoms with E-state index in [1.54, 1.807) is 0 Å². The molecule has 0 unspecified atom stereocenters. The summed E-state index contributed by atoms with van der Waals surface area (Å²) >= 11 is 0. The Morgan fingerprint density at radius 1 is 1.11 bits per heavy atom. The van der Waals surface area contributed by atoms with Gasteiger partial charge in [0.1, 0.15) is 5.67 Å². The lowest BCUT2D eigenvalue weighted by molar-refractivity contribution is 0.0574. The smallest absolute Gasteiger partial charge is 0.117 e. The standard InChI is InChI=1S/C15H21F2N/c16-9-4-10-18-11-7-15(17,8-12-18)13-14-5-2-1-3-6-14/h1-3,5-6H,4,7-13H2. The molecule has 1 saturated heterocycles. The molecule has 1 aromatic rings. The van der Waals surface area contributed by atoms with Crippen molar-refractivity contribution in [1.29, 1.82) is 0 Å². The van der Waals surface area contributed by atoms with Crippen LogP contribution in [-0.4, -0.2) is 36.9 Å². The molecule has 1 nitrogen and oxygen atoms in total. The topological polar surface area (TPSA) is 3.24 Å². The van der Waals surface area contributed by atoms with E-state index in [0.29, 0.717) is 25.7 Å². The van der Waals surface area contributed by atoms with E-state index in [0.717, 1.165) is 25.2 Å². The lowest BCUT2D eigenvalue weighted by atomic mass is 9.87. The first-order valence-corrected chi connectivity index (χ1v) is 6.73. The van der Waals surface area contributed by atoms with E-state index < -0.39 is 5.67 Å². The third kappa shape index (κ3) is 3.77. The van der Waals surface area contributed by atoms with E-state index in [-0.39, 0.29) is 6.67 Å². The molecule has 0 bridgehead atoms. The lowest BCUT2D eigenvalue weighted by Gasteiger charge is -2.36. The molecule has 0 atom stereocenters. The SMILES string of the molecule is FCCCN1CCC(F)(Cc2ccccc2)CC1. The van der Waals surface area contributed by atoms with Crippen molar-refractivity contribution in [1.82, 2.24) is 4.90 Å². The maximum Gasteiger partial charge on any atom is 0.117 e. The number of alkyl halides is 2. The minimum atomic E-state index is -1.08. The minimum Gasteiger partial charge on any atom is -0.303 e. The van der Waals surface area contributed by atoms with Crippen molar-refractivity contribution in [2.45, 2.75) is 31.4 Å². The Bertz CT molecular complexity index is 345. The van der Waals surface area contributed by atoms with E-state index >= 15 is 0 Å². The number of hydrogen-bond acceptors (Lipinski definition) is 1. The fourth-order valence-corrected chi connectivity index (χ4v) is 2.60. The van der Waals surface area contributed by atoms with Gasteiger partial charge in [0.2, 0.25) is 0 Å². The van der Waals surface area contributed by atoms with Crippen LogP contribution in [0.2, 0.25) is 0 Å². The number of hydrogen-bond donors (Lipinski definition) is 0. The third-order valence-electron chi connectivity index (χ3n) is 3.72. The zero-order valence-corrected chi connectivity index (χ0v) is 10.7. The number of halogens is 2. The first-order chi connectivity index (χ1) is 8.72. The molecule has 1 aromatic carbocycles. The summed E-state index contributed by atoms with van der Waals surface area (Å²) in [7, 11) is 0. The first-order valence-electron chi connectivity index (χ1n) is 6.73. The maximum atomic E-state index is 14.7. The summed E-state index contributed by atoms with van der Waals surface area (Å²) < 4.78 is 26.7. The molecular weight excluding hydrogens is 232 g/mol. The van der Waals surface area contributed by atoms with Gasteiger partial charge in [-0.3, -0.25) is 4.39 Å². The summed E-state index contributed by atoms with van der Waals surface area (Å²) in [5, 5.41) is 0. The summed E-state index contributed by atoms with van der Waals surface area (Å²) in [5.41, 5.74) is -0.00897. The van der Waals surface area contributed by atoms with Gasteiger partial charge in [0.15, 0.2) is 0 Å². The van der Waals surface area contributed by atoms with Crippen LogP contribution in [-0.2, 0) is 6.42 Å². The van der Waals surface area contributed by atoms with Crippen molar-refractivity contribution in [3.8, 4) is 0 Å². The second-order valence-corrected chi connectivity index (χ2v) is 5.20. The molecule has 0 radical (unpaired) electrons. The molecule has 0 saturated carbocycles. The molecule has 1 heterocycles. The predicted octanol–water partition coefficient (Wildman–Crippen LogP) is 3.39. The van der Waals surface area contributed by atoms with Gasteiger partial charge in [0.05, 0.1) is 6.67 Å². The Labute approximate surface area is 108 Å². The average Bonchev–Trinajstić information content (AvgIpc) is 2.39. The molecule has 1 aliphatic rings. The molecular formula is C15H21F2N. The lowest BCUT2D eigenvalue weighted by Crippen LogP contribution is -2.43. The summed E-state index contributed by atoms with van der Waals surface area (Å²) in [6, 6.07) is 9.83. The largest absolute Gasteiger partial charge is 0.303 e. The molecule has 2 rings (SSSR count). The van der Waals surface area contributed by atoms with Crippen molar-refractivity contribution in [2.24, 2.45) is 0 Å². The van der Waals surface area contributed by atoms with E-state index in [4.69, 9.17) is 0 Å². The van der Waals surface area contributed by atoms with E-state index in [1.165, 1.54) is 0 Å². The van der Waals surface area contributed by atoms with Crippen molar-refractivity contribution in [3.63, 3.8) is 0 Å². The van der Waals surface area contributed by atoms with Crippen LogP contribution >= 0.6 is 0 Å². The minimum absolute atomic E-state index is 0.277. The Morgan fingerprint density at radius 3 is 2.39 bits per heavy atom. The quantitative estimate of drug-likeness (QED) is 0.777. The molecule has 0 spiro atoms. The molecule has 3 heteroatoms. The Kier molecular flexibility index (Phi) is 4.70. The van der Waals surface area contributed by atoms with Crippen LogP contribution in [0.25, 0.3) is 0 Å². The third-order valence-corrected chi connectivity index (χ3v) is 3.72. The molecule has 0 amide bonds. The van der Waals surface area contributed by atoms with Crippen LogP contribution in [0.4, 0.5) is 8.78 Å². The second kappa shape index (κ2) is 6.28. The van der Waals surface area contributed by atoms with Crippen molar-refractivity contribution in [2.75, 3.05) is 26.3 Å².